The average molecular weight is 366 g/mol. The van der Waals surface area contributed by atoms with Crippen LogP contribution in [0.5, 0.6) is 0 Å². The Labute approximate surface area is 159 Å². The summed E-state index contributed by atoms with van der Waals surface area (Å²) in [4.78, 5) is 24.0. The van der Waals surface area contributed by atoms with Gasteiger partial charge in [-0.05, 0) is 72.9 Å². The number of amides is 1. The molecule has 0 saturated carbocycles. The van der Waals surface area contributed by atoms with Gasteiger partial charge in [-0.2, -0.15) is 0 Å². The molecule has 0 unspecified atom stereocenters. The number of pyridine rings is 1. The van der Waals surface area contributed by atoms with Crippen LogP contribution in [0.1, 0.15) is 36.0 Å². The second-order valence-electron chi connectivity index (χ2n) is 7.80. The van der Waals surface area contributed by atoms with Crippen molar-refractivity contribution >= 4 is 11.6 Å². The Kier molecular flexibility index (Phi) is 4.87. The van der Waals surface area contributed by atoms with Crippen LogP contribution >= 0.6 is 0 Å². The van der Waals surface area contributed by atoms with E-state index in [0.29, 0.717) is 12.3 Å². The van der Waals surface area contributed by atoms with E-state index in [-0.39, 0.29) is 11.5 Å². The first-order valence-corrected chi connectivity index (χ1v) is 9.72. The summed E-state index contributed by atoms with van der Waals surface area (Å²) in [6.45, 7) is 3.52. The molecule has 1 aromatic heterocycles. The molecule has 0 spiro atoms. The van der Waals surface area contributed by atoms with E-state index in [0.717, 1.165) is 61.3 Å². The highest BCUT2D eigenvalue weighted by atomic mass is 16.5. The minimum Gasteiger partial charge on any atom is -0.381 e. The molecule has 2 aromatic rings. The van der Waals surface area contributed by atoms with Gasteiger partial charge in [0.1, 0.15) is 0 Å². The van der Waals surface area contributed by atoms with Gasteiger partial charge >= 0.3 is 0 Å². The number of nitrogens with zero attached hydrogens (tertiary/aromatic N) is 1. The van der Waals surface area contributed by atoms with Crippen LogP contribution in [0.3, 0.4) is 0 Å². The van der Waals surface area contributed by atoms with Crippen molar-refractivity contribution < 1.29 is 9.53 Å². The zero-order chi connectivity index (χ0) is 19.0. The van der Waals surface area contributed by atoms with Crippen LogP contribution in [-0.2, 0) is 29.4 Å². The summed E-state index contributed by atoms with van der Waals surface area (Å²) in [5.74, 6) is 0.685. The number of carbonyl (C=O) groups is 1. The zero-order valence-electron chi connectivity index (χ0n) is 16.0. The van der Waals surface area contributed by atoms with Crippen LogP contribution in [0.2, 0.25) is 0 Å². The first kappa shape index (κ1) is 18.0. The molecule has 5 heteroatoms. The molecule has 142 valence electrons. The molecule has 0 atom stereocenters. The number of hydrogen-bond donors (Lipinski definition) is 1. The normalized spacial score (nSPS) is 17.5. The maximum absolute atomic E-state index is 12.1. The first-order valence-electron chi connectivity index (χ1n) is 9.72. The molecule has 1 aromatic carbocycles. The van der Waals surface area contributed by atoms with Crippen LogP contribution < -0.4 is 10.9 Å². The standard InChI is InChI=1S/C22H26N2O3/c1-14-9-18(13-24(2)22(14)26)19-12-20-16(3-4-21(25)23-20)11-17(19)10-15-5-7-27-8-6-15/h9,11-13,15H,3-8,10H2,1-2H3,(H,23,25). The molecule has 1 fully saturated rings. The van der Waals surface area contributed by atoms with Crippen molar-refractivity contribution in [3.63, 3.8) is 0 Å². The average Bonchev–Trinajstić information content (AvgIpc) is 2.66. The highest BCUT2D eigenvalue weighted by molar-refractivity contribution is 5.95. The Morgan fingerprint density at radius 2 is 1.93 bits per heavy atom. The number of nitrogens with one attached hydrogen (secondary N) is 1. The van der Waals surface area contributed by atoms with Gasteiger partial charge in [-0.15, -0.1) is 0 Å². The van der Waals surface area contributed by atoms with Gasteiger partial charge in [0.15, 0.2) is 0 Å². The number of anilines is 1. The monoisotopic (exact) mass is 366 g/mol. The van der Waals surface area contributed by atoms with E-state index in [1.54, 1.807) is 11.6 Å². The third-order valence-corrected chi connectivity index (χ3v) is 5.75. The molecule has 0 radical (unpaired) electrons. The fraction of sp³-hybridized carbons (Fsp3) is 0.455. The van der Waals surface area contributed by atoms with Gasteiger partial charge in [0.25, 0.3) is 5.56 Å². The van der Waals surface area contributed by atoms with Crippen molar-refractivity contribution in [3.8, 4) is 11.1 Å². The summed E-state index contributed by atoms with van der Waals surface area (Å²) in [7, 11) is 1.79. The molecule has 4 rings (SSSR count). The van der Waals surface area contributed by atoms with Gasteiger partial charge < -0.3 is 14.6 Å². The molecular formula is C22H26N2O3. The summed E-state index contributed by atoms with van der Waals surface area (Å²) in [6.07, 6.45) is 6.40. The molecule has 0 aliphatic carbocycles. The summed E-state index contributed by atoms with van der Waals surface area (Å²) in [5, 5.41) is 3.01. The lowest BCUT2D eigenvalue weighted by molar-refractivity contribution is -0.116. The molecule has 3 heterocycles. The number of aromatic nitrogens is 1. The van der Waals surface area contributed by atoms with Crippen LogP contribution in [0.25, 0.3) is 11.1 Å². The van der Waals surface area contributed by atoms with E-state index < -0.39 is 0 Å². The number of fused-ring (bicyclic) bond motifs is 1. The smallest absolute Gasteiger partial charge is 0.253 e. The molecule has 2 aliphatic rings. The fourth-order valence-corrected chi connectivity index (χ4v) is 4.20. The van der Waals surface area contributed by atoms with Crippen LogP contribution in [0, 0.1) is 12.8 Å². The molecule has 1 saturated heterocycles. The molecular weight excluding hydrogens is 340 g/mol. The van der Waals surface area contributed by atoms with E-state index in [4.69, 9.17) is 4.74 Å². The predicted octanol–water partition coefficient (Wildman–Crippen LogP) is 3.21. The molecule has 1 N–H and O–H groups in total. The second kappa shape index (κ2) is 7.31. The zero-order valence-corrected chi connectivity index (χ0v) is 16.0. The Morgan fingerprint density at radius 3 is 2.67 bits per heavy atom. The van der Waals surface area contributed by atoms with Crippen molar-refractivity contribution in [1.82, 2.24) is 4.57 Å². The largest absolute Gasteiger partial charge is 0.381 e. The number of hydrogen-bond acceptors (Lipinski definition) is 3. The highest BCUT2D eigenvalue weighted by Crippen LogP contribution is 2.35. The van der Waals surface area contributed by atoms with E-state index in [2.05, 4.69) is 17.4 Å². The molecule has 0 bridgehead atoms. The summed E-state index contributed by atoms with van der Waals surface area (Å²) < 4.78 is 7.15. The van der Waals surface area contributed by atoms with Crippen molar-refractivity contribution in [2.45, 2.75) is 39.0 Å². The number of aryl methyl sites for hydroxylation is 3. The molecule has 27 heavy (non-hydrogen) atoms. The number of benzene rings is 1. The highest BCUT2D eigenvalue weighted by Gasteiger charge is 2.21. The van der Waals surface area contributed by atoms with Gasteiger partial charge in [-0.25, -0.2) is 0 Å². The Morgan fingerprint density at radius 1 is 1.15 bits per heavy atom. The fourth-order valence-electron chi connectivity index (χ4n) is 4.20. The lowest BCUT2D eigenvalue weighted by Gasteiger charge is -2.25. The van der Waals surface area contributed by atoms with Crippen LogP contribution in [0.15, 0.2) is 29.2 Å². The van der Waals surface area contributed by atoms with Gasteiger partial charge in [0.2, 0.25) is 5.91 Å². The third-order valence-electron chi connectivity index (χ3n) is 5.75. The SMILES string of the molecule is Cc1cc(-c2cc3c(cc2CC2CCOCC2)CCC(=O)N3)cn(C)c1=O. The minimum absolute atomic E-state index is 0.0241. The maximum Gasteiger partial charge on any atom is 0.253 e. The second-order valence-corrected chi connectivity index (χ2v) is 7.80. The van der Waals surface area contributed by atoms with Gasteiger partial charge in [-0.1, -0.05) is 6.07 Å². The summed E-state index contributed by atoms with van der Waals surface area (Å²) in [5.41, 5.74) is 6.31. The Bertz CT molecular complexity index is 913. The van der Waals surface area contributed by atoms with E-state index in [9.17, 15) is 9.59 Å². The van der Waals surface area contributed by atoms with Crippen molar-refractivity contribution in [3.05, 3.63) is 51.4 Å². The topological polar surface area (TPSA) is 60.3 Å². The van der Waals surface area contributed by atoms with E-state index in [1.807, 2.05) is 19.2 Å². The van der Waals surface area contributed by atoms with Crippen molar-refractivity contribution in [1.29, 1.82) is 0 Å². The first-order chi connectivity index (χ1) is 13.0. The van der Waals surface area contributed by atoms with E-state index >= 15 is 0 Å². The Balaban J connectivity index is 1.80. The maximum atomic E-state index is 12.1. The number of ether oxygens (including phenoxy) is 1. The van der Waals surface area contributed by atoms with Crippen molar-refractivity contribution in [2.75, 3.05) is 18.5 Å². The van der Waals surface area contributed by atoms with Crippen LogP contribution in [0.4, 0.5) is 5.69 Å². The predicted molar refractivity (Wildman–Crippen MR) is 106 cm³/mol. The summed E-state index contributed by atoms with van der Waals surface area (Å²) in [6, 6.07) is 6.32. The van der Waals surface area contributed by atoms with E-state index in [1.165, 1.54) is 11.1 Å². The van der Waals surface area contributed by atoms with Crippen LogP contribution in [-0.4, -0.2) is 23.7 Å². The van der Waals surface area contributed by atoms with Gasteiger partial charge in [0, 0.05) is 44.1 Å². The quantitative estimate of drug-likeness (QED) is 0.907. The molecule has 1 amide bonds. The van der Waals surface area contributed by atoms with Gasteiger partial charge in [0.05, 0.1) is 0 Å². The Hall–Kier alpha value is -2.40. The van der Waals surface area contributed by atoms with Crippen molar-refractivity contribution in [2.24, 2.45) is 13.0 Å². The lowest BCUT2D eigenvalue weighted by atomic mass is 9.86. The lowest BCUT2D eigenvalue weighted by Crippen LogP contribution is -2.21. The third kappa shape index (κ3) is 3.69. The molecule has 2 aliphatic heterocycles. The number of carbonyl (C=O) groups excluding carboxylic acids is 1. The number of rotatable bonds is 3. The molecule has 5 nitrogen and oxygen atoms in total. The summed E-state index contributed by atoms with van der Waals surface area (Å²) >= 11 is 0. The van der Waals surface area contributed by atoms with Gasteiger partial charge in [-0.3, -0.25) is 9.59 Å². The minimum atomic E-state index is 0.0241.